The number of carboxylic acid groups (broad SMARTS) is 1. The summed E-state index contributed by atoms with van der Waals surface area (Å²) < 4.78 is 11.7. The molecule has 1 aromatic rings. The van der Waals surface area contributed by atoms with Crippen molar-refractivity contribution in [3.8, 4) is 0 Å². The van der Waals surface area contributed by atoms with Gasteiger partial charge in [-0.1, -0.05) is 71.4 Å². The summed E-state index contributed by atoms with van der Waals surface area (Å²) in [6.07, 6.45) is 1.79. The third-order valence-electron chi connectivity index (χ3n) is 8.78. The number of nitrogens with one attached hydrogen (secondary N) is 1. The molecule has 7 atom stereocenters. The number of hydrogen-bond donors (Lipinski definition) is 2. The van der Waals surface area contributed by atoms with Gasteiger partial charge in [0.15, 0.2) is 0 Å². The van der Waals surface area contributed by atoms with Crippen LogP contribution < -0.4 is 5.32 Å². The third-order valence-corrected chi connectivity index (χ3v) is 8.78. The lowest BCUT2D eigenvalue weighted by Crippen LogP contribution is -2.54. The number of carboxylic acids is 1. The average molecular weight is 604 g/mol. The Morgan fingerprint density at radius 3 is 2.23 bits per heavy atom. The van der Waals surface area contributed by atoms with Gasteiger partial charge in [-0.25, -0.2) is 4.79 Å². The zero-order valence-electron chi connectivity index (χ0n) is 27.2. The Morgan fingerprint density at radius 2 is 1.70 bits per heavy atom. The minimum Gasteiger partial charge on any atom is -0.480 e. The number of carbonyl (C=O) groups excluding carboxylic acids is 3. The number of rotatable bonds is 17. The average Bonchev–Trinajstić information content (AvgIpc) is 3.46. The van der Waals surface area contributed by atoms with Gasteiger partial charge in [0.05, 0.1) is 36.6 Å². The highest BCUT2D eigenvalue weighted by molar-refractivity contribution is 5.85. The molecule has 0 bridgehead atoms. The van der Waals surface area contributed by atoms with Crippen molar-refractivity contribution in [1.82, 2.24) is 15.1 Å². The molecule has 1 heterocycles. The van der Waals surface area contributed by atoms with Crippen molar-refractivity contribution in [2.45, 2.75) is 103 Å². The second-order valence-corrected chi connectivity index (χ2v) is 12.3. The van der Waals surface area contributed by atoms with Gasteiger partial charge in [-0.2, -0.15) is 0 Å². The van der Waals surface area contributed by atoms with Crippen LogP contribution in [-0.4, -0.2) is 96.7 Å². The summed E-state index contributed by atoms with van der Waals surface area (Å²) in [5.41, 5.74) is 0.804. The van der Waals surface area contributed by atoms with E-state index in [-0.39, 0.29) is 48.6 Å². The summed E-state index contributed by atoms with van der Waals surface area (Å²) in [7, 11) is 4.88. The zero-order valence-corrected chi connectivity index (χ0v) is 27.2. The normalized spacial score (nSPS) is 19.3. The topological polar surface area (TPSA) is 125 Å². The Morgan fingerprint density at radius 1 is 1.05 bits per heavy atom. The van der Waals surface area contributed by atoms with E-state index in [1.807, 2.05) is 44.2 Å². The fraction of sp³-hybridized carbons (Fsp3) is 0.697. The first-order chi connectivity index (χ1) is 20.4. The van der Waals surface area contributed by atoms with Crippen LogP contribution in [0.4, 0.5) is 0 Å². The van der Waals surface area contributed by atoms with Gasteiger partial charge in [-0.05, 0) is 30.2 Å². The summed E-state index contributed by atoms with van der Waals surface area (Å²) >= 11 is 0. The summed E-state index contributed by atoms with van der Waals surface area (Å²) in [5.74, 6) is -2.02. The van der Waals surface area contributed by atoms with Gasteiger partial charge in [0.25, 0.3) is 0 Å². The zero-order chi connectivity index (χ0) is 32.3. The second-order valence-electron chi connectivity index (χ2n) is 12.3. The van der Waals surface area contributed by atoms with Gasteiger partial charge in [-0.3, -0.25) is 14.4 Å². The van der Waals surface area contributed by atoms with Gasteiger partial charge >= 0.3 is 5.97 Å². The molecule has 242 valence electrons. The van der Waals surface area contributed by atoms with Crippen LogP contribution in [0.1, 0.15) is 72.3 Å². The number of methoxy groups -OCH3 is 2. The maximum Gasteiger partial charge on any atom is 0.326 e. The predicted octanol–water partition coefficient (Wildman–Crippen LogP) is 3.76. The molecular weight excluding hydrogens is 550 g/mol. The SMILES string of the molecule is CC[C@H](C)[C@@H]([C@@H](CC(=O)N1CCC[C@H]1[C@H](OC)[C@@H](C)C(=O)N[C@@H](Cc1ccccc1)C(=O)O)OC)N(C)C(=O)CC(C)C. The number of likely N-dealkylation sites (tertiary alicyclic amines) is 1. The minimum absolute atomic E-state index is 0.0278. The van der Waals surface area contributed by atoms with Crippen LogP contribution in [0.2, 0.25) is 0 Å². The van der Waals surface area contributed by atoms with Crippen molar-refractivity contribution in [2.75, 3.05) is 27.8 Å². The molecule has 2 N–H and O–H groups in total. The largest absolute Gasteiger partial charge is 0.480 e. The van der Waals surface area contributed by atoms with E-state index in [2.05, 4.69) is 19.2 Å². The van der Waals surface area contributed by atoms with Gasteiger partial charge in [-0.15, -0.1) is 0 Å². The van der Waals surface area contributed by atoms with Crippen molar-refractivity contribution < 1.29 is 33.8 Å². The molecule has 43 heavy (non-hydrogen) atoms. The lowest BCUT2D eigenvalue weighted by Gasteiger charge is -2.39. The van der Waals surface area contributed by atoms with E-state index in [4.69, 9.17) is 9.47 Å². The standard InChI is InChI=1S/C33H53N3O7/c1-9-22(4)30(35(6)28(37)18-21(2)3)27(42-7)20-29(38)36-17-13-16-26(36)31(43-8)23(5)32(39)34-25(33(40)41)19-24-14-11-10-12-15-24/h10-12,14-15,21-23,25-27,30-31H,9,13,16-20H2,1-8H3,(H,34,39)(H,40,41)/t22-,23+,25-,26-,27+,30-,31+/m0/s1. The van der Waals surface area contributed by atoms with Crippen LogP contribution in [0.15, 0.2) is 30.3 Å². The molecule has 0 radical (unpaired) electrons. The van der Waals surface area contributed by atoms with E-state index in [1.165, 1.54) is 7.11 Å². The van der Waals surface area contributed by atoms with E-state index in [0.717, 1.165) is 18.4 Å². The lowest BCUT2D eigenvalue weighted by atomic mass is 9.90. The van der Waals surface area contributed by atoms with Crippen molar-refractivity contribution in [1.29, 1.82) is 0 Å². The minimum atomic E-state index is -1.12. The predicted molar refractivity (Wildman–Crippen MR) is 165 cm³/mol. The first-order valence-corrected chi connectivity index (χ1v) is 15.5. The first kappa shape index (κ1) is 36.2. The molecule has 10 nitrogen and oxygen atoms in total. The van der Waals surface area contributed by atoms with Crippen molar-refractivity contribution in [3.63, 3.8) is 0 Å². The van der Waals surface area contributed by atoms with Crippen LogP contribution >= 0.6 is 0 Å². The van der Waals surface area contributed by atoms with Crippen molar-refractivity contribution >= 4 is 23.7 Å². The maximum atomic E-state index is 13.8. The van der Waals surface area contributed by atoms with Crippen LogP contribution in [0.3, 0.4) is 0 Å². The Balaban J connectivity index is 2.18. The van der Waals surface area contributed by atoms with Gasteiger partial charge in [0.2, 0.25) is 17.7 Å². The fourth-order valence-electron chi connectivity index (χ4n) is 6.17. The molecule has 0 spiro atoms. The smallest absolute Gasteiger partial charge is 0.326 e. The summed E-state index contributed by atoms with van der Waals surface area (Å²) in [6, 6.07) is 7.43. The summed E-state index contributed by atoms with van der Waals surface area (Å²) in [4.78, 5) is 55.6. The van der Waals surface area contributed by atoms with E-state index in [9.17, 15) is 24.3 Å². The number of hydrogen-bond acceptors (Lipinski definition) is 6. The molecule has 0 saturated carbocycles. The van der Waals surface area contributed by atoms with E-state index in [0.29, 0.717) is 19.4 Å². The molecule has 1 saturated heterocycles. The summed E-state index contributed by atoms with van der Waals surface area (Å²) in [5, 5.41) is 12.5. The maximum absolute atomic E-state index is 13.8. The Hall–Kier alpha value is -2.98. The van der Waals surface area contributed by atoms with Gasteiger partial charge < -0.3 is 29.7 Å². The molecule has 1 aromatic carbocycles. The van der Waals surface area contributed by atoms with E-state index >= 15 is 0 Å². The van der Waals surface area contributed by atoms with Crippen molar-refractivity contribution in [2.24, 2.45) is 17.8 Å². The molecule has 0 unspecified atom stereocenters. The van der Waals surface area contributed by atoms with Crippen molar-refractivity contribution in [3.05, 3.63) is 35.9 Å². The quantitative estimate of drug-likeness (QED) is 0.278. The molecule has 3 amide bonds. The molecule has 0 aliphatic carbocycles. The number of nitrogens with zero attached hydrogens (tertiary/aromatic N) is 2. The number of amides is 3. The van der Waals surface area contributed by atoms with E-state index in [1.54, 1.807) is 30.9 Å². The highest BCUT2D eigenvalue weighted by Gasteiger charge is 2.42. The Bertz CT molecular complexity index is 1050. The van der Waals surface area contributed by atoms with Crippen LogP contribution in [0, 0.1) is 17.8 Å². The molecule has 2 rings (SSSR count). The van der Waals surface area contributed by atoms with Crippen LogP contribution in [0.25, 0.3) is 0 Å². The third kappa shape index (κ3) is 10.0. The molecule has 10 heteroatoms. The molecular formula is C33H53N3O7. The first-order valence-electron chi connectivity index (χ1n) is 15.5. The number of ether oxygens (including phenoxy) is 2. The number of aliphatic carboxylic acids is 1. The molecule has 1 aliphatic rings. The van der Waals surface area contributed by atoms with Crippen LogP contribution in [-0.2, 0) is 35.1 Å². The van der Waals surface area contributed by atoms with Gasteiger partial charge in [0.1, 0.15) is 6.04 Å². The highest BCUT2D eigenvalue weighted by Crippen LogP contribution is 2.29. The second kappa shape index (κ2) is 17.3. The molecule has 1 aliphatic heterocycles. The highest BCUT2D eigenvalue weighted by atomic mass is 16.5. The number of benzene rings is 1. The van der Waals surface area contributed by atoms with E-state index < -0.39 is 36.0 Å². The lowest BCUT2D eigenvalue weighted by molar-refractivity contribution is -0.147. The summed E-state index contributed by atoms with van der Waals surface area (Å²) in [6.45, 7) is 10.4. The monoisotopic (exact) mass is 603 g/mol. The fourth-order valence-corrected chi connectivity index (χ4v) is 6.17. The molecule has 0 aromatic heterocycles. The number of carbonyl (C=O) groups is 4. The van der Waals surface area contributed by atoms with Crippen LogP contribution in [0.5, 0.6) is 0 Å². The number of likely N-dealkylation sites (N-methyl/N-ethyl adjacent to an activating group) is 1. The molecule has 1 fully saturated rings. The Kier molecular flexibility index (Phi) is 14.6. The van der Waals surface area contributed by atoms with Gasteiger partial charge in [0, 0.05) is 40.7 Å². The Labute approximate surface area is 257 Å².